The molecule has 4 heterocycles. The summed E-state index contributed by atoms with van der Waals surface area (Å²) in [7, 11) is 0. The zero-order chi connectivity index (χ0) is 62.3. The van der Waals surface area contributed by atoms with Crippen LogP contribution in [0.1, 0.15) is 49.9 Å². The Hall–Kier alpha value is -11.9. The number of furan rings is 2. The van der Waals surface area contributed by atoms with Crippen molar-refractivity contribution in [1.29, 1.82) is 0 Å². The quantitative estimate of drug-likeness (QED) is 0.152. The zero-order valence-corrected chi connectivity index (χ0v) is 52.3. The van der Waals surface area contributed by atoms with Crippen LogP contribution < -0.4 is 9.80 Å². The lowest BCUT2D eigenvalue weighted by Gasteiger charge is -2.28. The molecule has 0 spiro atoms. The maximum atomic E-state index is 6.93. The number of hydrogen-bond donors (Lipinski definition) is 0. The smallest absolute Gasteiger partial charge is 0.159 e. The van der Waals surface area contributed by atoms with E-state index in [1.807, 2.05) is 0 Å². The molecule has 0 atom stereocenters. The number of fused-ring (bicyclic) bond motifs is 21. The molecule has 2 aliphatic carbocycles. The van der Waals surface area contributed by atoms with Gasteiger partial charge in [0.1, 0.15) is 11.2 Å². The van der Waals surface area contributed by atoms with Crippen molar-refractivity contribution in [2.75, 3.05) is 9.80 Å². The first-order valence-electron chi connectivity index (χ1n) is 32.6. The van der Waals surface area contributed by atoms with Crippen LogP contribution in [0.2, 0.25) is 0 Å². The minimum absolute atomic E-state index is 0.204. The molecule has 444 valence electrons. The maximum Gasteiger partial charge on any atom is 0.159 e. The van der Waals surface area contributed by atoms with Crippen LogP contribution in [-0.2, 0) is 10.8 Å². The Morgan fingerprint density at radius 3 is 1.09 bits per heavy atom. The number of hydrogen-bond acceptors (Lipinski definition) is 4. The molecule has 0 radical (unpaired) electrons. The topological polar surface area (TPSA) is 42.6 Å². The third-order valence-electron chi connectivity index (χ3n) is 21.1. The molecule has 94 heavy (non-hydrogen) atoms. The van der Waals surface area contributed by atoms with Gasteiger partial charge in [-0.2, -0.15) is 0 Å². The lowest BCUT2D eigenvalue weighted by Crippen LogP contribution is -2.16. The summed E-state index contributed by atoms with van der Waals surface area (Å²) in [4.78, 5) is 4.85. The second-order valence-corrected chi connectivity index (χ2v) is 26.7. The molecule has 0 saturated heterocycles. The summed E-state index contributed by atoms with van der Waals surface area (Å²) >= 11 is 0. The van der Waals surface area contributed by atoms with Gasteiger partial charge >= 0.3 is 0 Å². The van der Waals surface area contributed by atoms with Gasteiger partial charge in [-0.25, -0.2) is 0 Å². The number of nitrogens with zero attached hydrogens (tertiary/aromatic N) is 4. The molecule has 0 N–H and O–H groups in total. The van der Waals surface area contributed by atoms with Crippen molar-refractivity contribution < 1.29 is 8.83 Å². The zero-order valence-electron chi connectivity index (χ0n) is 52.3. The molecule has 2 aliphatic rings. The van der Waals surface area contributed by atoms with Crippen LogP contribution in [0.15, 0.2) is 300 Å². The van der Waals surface area contributed by atoms with Gasteiger partial charge in [-0.15, -0.1) is 0 Å². The highest BCUT2D eigenvalue weighted by atomic mass is 16.3. The standard InChI is InChI=1S/C88H60N4O2/c1-87(2)71-31-15-11-25-59(71)61-41-37-55(49-73(61)87)89(77-33-19-29-67-63-27-13-17-35-81(63)93-85(67)77)57-39-43-69-79(51-57)91(53-21-7-5-8-22-53)75-47-45-66-65(83(69)75)46-48-76-84(66)70-44-40-58(52-80(70)92(76)54-23-9-6-10-24-54)90(78-34-20-30-68-64-28-14-18-36-82(64)94-86(68)78)56-38-42-62-60-26-12-16-32-72(60)88(3,4)74(62)50-56/h5-52H,1-4H3. The first-order valence-corrected chi connectivity index (χ1v) is 32.6. The van der Waals surface area contributed by atoms with Gasteiger partial charge in [0.2, 0.25) is 0 Å². The Balaban J connectivity index is 0.818. The summed E-state index contributed by atoms with van der Waals surface area (Å²) in [5, 5.41) is 11.5. The average Bonchev–Trinajstić information content (AvgIpc) is 1.55. The number of para-hydroxylation sites is 6. The highest BCUT2D eigenvalue weighted by molar-refractivity contribution is 6.30. The van der Waals surface area contributed by atoms with E-state index >= 15 is 0 Å². The molecule has 0 fully saturated rings. The number of benzene rings is 14. The van der Waals surface area contributed by atoms with E-state index in [4.69, 9.17) is 8.83 Å². The Bertz CT molecular complexity index is 5870. The van der Waals surface area contributed by atoms with Crippen molar-refractivity contribution in [3.63, 3.8) is 0 Å². The van der Waals surface area contributed by atoms with Crippen molar-refractivity contribution in [1.82, 2.24) is 9.13 Å². The molecule has 0 saturated carbocycles. The van der Waals surface area contributed by atoms with Crippen LogP contribution in [0.3, 0.4) is 0 Å². The van der Waals surface area contributed by atoms with Crippen molar-refractivity contribution in [2.45, 2.75) is 38.5 Å². The van der Waals surface area contributed by atoms with E-state index in [0.717, 1.165) is 111 Å². The Morgan fingerprint density at radius 1 is 0.266 bits per heavy atom. The van der Waals surface area contributed by atoms with Crippen molar-refractivity contribution in [3.8, 4) is 33.6 Å². The molecule has 6 nitrogen and oxygen atoms in total. The summed E-state index contributed by atoms with van der Waals surface area (Å²) in [6.45, 7) is 9.44. The Kier molecular flexibility index (Phi) is 10.9. The predicted octanol–water partition coefficient (Wildman–Crippen LogP) is 24.4. The molecule has 6 heteroatoms. The largest absolute Gasteiger partial charge is 0.454 e. The molecular weight excluding hydrogens is 1140 g/mol. The normalized spacial score (nSPS) is 13.7. The van der Waals surface area contributed by atoms with Crippen molar-refractivity contribution in [3.05, 3.63) is 313 Å². The molecule has 0 bridgehead atoms. The molecule has 14 aromatic carbocycles. The van der Waals surface area contributed by atoms with E-state index in [-0.39, 0.29) is 10.8 Å². The van der Waals surface area contributed by atoms with Gasteiger partial charge in [0.15, 0.2) is 11.2 Å². The lowest BCUT2D eigenvalue weighted by atomic mass is 9.82. The summed E-state index contributed by atoms with van der Waals surface area (Å²) in [5.41, 5.74) is 26.3. The van der Waals surface area contributed by atoms with Crippen molar-refractivity contribution >= 4 is 132 Å². The minimum Gasteiger partial charge on any atom is -0.454 e. The second kappa shape index (κ2) is 19.3. The fourth-order valence-corrected chi connectivity index (χ4v) is 16.7. The van der Waals surface area contributed by atoms with E-state index in [9.17, 15) is 0 Å². The fraction of sp³-hybridized carbons (Fsp3) is 0.0682. The summed E-state index contributed by atoms with van der Waals surface area (Å²) in [5.74, 6) is 0. The van der Waals surface area contributed by atoms with Crippen molar-refractivity contribution in [2.24, 2.45) is 0 Å². The fourth-order valence-electron chi connectivity index (χ4n) is 16.7. The van der Waals surface area contributed by atoms with E-state index in [0.29, 0.717) is 0 Å². The van der Waals surface area contributed by atoms with E-state index in [1.54, 1.807) is 0 Å². The third kappa shape index (κ3) is 7.30. The molecule has 0 aliphatic heterocycles. The molecule has 18 aromatic rings. The van der Waals surface area contributed by atoms with Crippen LogP contribution in [0, 0.1) is 0 Å². The van der Waals surface area contributed by atoms with Crippen LogP contribution >= 0.6 is 0 Å². The SMILES string of the molecule is CC1(C)c2ccccc2-c2ccc(N(c3ccc4c5c6ccc7c(c6ccc5n(-c5ccccc5)c4c3)c3ccc(N(c4ccc5c(c4)C(C)(C)c4ccccc4-5)c4cccc5c4oc4ccccc45)cc3n7-c3ccccc3)c3cccc4c3oc3ccccc34)cc21. The number of rotatable bonds is 8. The predicted molar refractivity (Wildman–Crippen MR) is 392 cm³/mol. The first-order chi connectivity index (χ1) is 46.2. The summed E-state index contributed by atoms with van der Waals surface area (Å²) < 4.78 is 18.8. The van der Waals surface area contributed by atoms with Gasteiger partial charge in [0.25, 0.3) is 0 Å². The van der Waals surface area contributed by atoms with Gasteiger partial charge in [0, 0.05) is 88.0 Å². The Labute approximate surface area is 542 Å². The van der Waals surface area contributed by atoms with E-state index in [2.05, 4.69) is 338 Å². The highest BCUT2D eigenvalue weighted by Crippen LogP contribution is 2.55. The number of anilines is 6. The first kappa shape index (κ1) is 52.9. The van der Waals surface area contributed by atoms with Gasteiger partial charge < -0.3 is 27.8 Å². The maximum absolute atomic E-state index is 6.93. The van der Waals surface area contributed by atoms with Crippen LogP contribution in [-0.4, -0.2) is 9.13 Å². The van der Waals surface area contributed by atoms with Crippen LogP contribution in [0.25, 0.3) is 132 Å². The molecule has 20 rings (SSSR count). The molecule has 0 amide bonds. The van der Waals surface area contributed by atoms with E-state index in [1.165, 1.54) is 76.8 Å². The monoisotopic (exact) mass is 1200 g/mol. The van der Waals surface area contributed by atoms with Gasteiger partial charge in [-0.1, -0.05) is 210 Å². The van der Waals surface area contributed by atoms with Gasteiger partial charge in [0.05, 0.1) is 33.4 Å². The highest BCUT2D eigenvalue weighted by Gasteiger charge is 2.38. The number of aromatic nitrogens is 2. The Morgan fingerprint density at radius 2 is 0.628 bits per heavy atom. The van der Waals surface area contributed by atoms with Crippen LogP contribution in [0.5, 0.6) is 0 Å². The van der Waals surface area contributed by atoms with E-state index < -0.39 is 0 Å². The molecular formula is C88H60N4O2. The van der Waals surface area contributed by atoms with Crippen LogP contribution in [0.4, 0.5) is 34.1 Å². The molecule has 4 aromatic heterocycles. The summed E-state index contributed by atoms with van der Waals surface area (Å²) in [6, 6.07) is 107. The summed E-state index contributed by atoms with van der Waals surface area (Å²) in [6.07, 6.45) is 0. The van der Waals surface area contributed by atoms with Gasteiger partial charge in [-0.3, -0.25) is 0 Å². The van der Waals surface area contributed by atoms with Gasteiger partial charge in [-0.05, 0) is 164 Å². The average molecular weight is 1210 g/mol. The lowest BCUT2D eigenvalue weighted by molar-refractivity contribution is 0.660. The minimum atomic E-state index is -0.204. The second-order valence-electron chi connectivity index (χ2n) is 26.7. The third-order valence-corrected chi connectivity index (χ3v) is 21.1. The molecule has 0 unspecified atom stereocenters.